The molecule has 25 heavy (non-hydrogen) atoms. The molecule has 0 fully saturated rings. The van der Waals surface area contributed by atoms with Gasteiger partial charge in [0.2, 0.25) is 5.95 Å². The Balaban J connectivity index is 1.99. The summed E-state index contributed by atoms with van der Waals surface area (Å²) in [4.78, 5) is 11.7. The summed E-state index contributed by atoms with van der Waals surface area (Å²) >= 11 is 6.04. The first-order valence-electron chi connectivity index (χ1n) is 7.26. The predicted octanol–water partition coefficient (Wildman–Crippen LogP) is 4.75. The molecule has 0 aliphatic rings. The van der Waals surface area contributed by atoms with Crippen LogP contribution in [0.25, 0.3) is 0 Å². The highest BCUT2D eigenvalue weighted by Crippen LogP contribution is 2.29. The van der Waals surface area contributed by atoms with Crippen LogP contribution in [0.3, 0.4) is 0 Å². The highest BCUT2D eigenvalue weighted by molar-refractivity contribution is 6.30. The molecule has 0 saturated heterocycles. The summed E-state index contributed by atoms with van der Waals surface area (Å²) in [7, 11) is 0. The Hall–Kier alpha value is -2.67. The Morgan fingerprint density at radius 3 is 2.48 bits per heavy atom. The number of rotatable bonds is 4. The van der Waals surface area contributed by atoms with E-state index >= 15 is 0 Å². The van der Waals surface area contributed by atoms with E-state index in [2.05, 4.69) is 20.3 Å². The number of aromatic nitrogens is 3. The van der Waals surface area contributed by atoms with Crippen molar-refractivity contribution in [2.24, 2.45) is 0 Å². The normalized spacial score (nSPS) is 12.6. The van der Waals surface area contributed by atoms with Crippen LogP contribution in [-0.2, 0) is 6.18 Å². The number of alkyl halides is 3. The molecule has 2 aromatic heterocycles. The van der Waals surface area contributed by atoms with E-state index in [0.717, 1.165) is 17.8 Å². The first kappa shape index (κ1) is 17.2. The average Bonchev–Trinajstić information content (AvgIpc) is 2.60. The van der Waals surface area contributed by atoms with Gasteiger partial charge in [-0.3, -0.25) is 4.98 Å². The standard InChI is InChI=1S/C17H12ClF3N4/c18-12-5-3-4-11(10-12)15(13-6-1-2-8-22-13)25-16-23-9-7-14(24-16)17(19,20)21/h1-10,15H,(H,23,24,25). The van der Waals surface area contributed by atoms with Crippen molar-refractivity contribution in [2.45, 2.75) is 12.2 Å². The molecule has 3 rings (SSSR count). The molecule has 1 atom stereocenters. The molecule has 2 heterocycles. The first-order valence-corrected chi connectivity index (χ1v) is 7.64. The lowest BCUT2D eigenvalue weighted by Gasteiger charge is -2.19. The van der Waals surface area contributed by atoms with Crippen molar-refractivity contribution in [1.29, 1.82) is 0 Å². The summed E-state index contributed by atoms with van der Waals surface area (Å²) < 4.78 is 38.6. The SMILES string of the molecule is FC(F)(F)c1ccnc(NC(c2cccc(Cl)c2)c2ccccn2)n1. The van der Waals surface area contributed by atoms with Gasteiger partial charge < -0.3 is 5.32 Å². The molecule has 0 saturated carbocycles. The highest BCUT2D eigenvalue weighted by atomic mass is 35.5. The zero-order chi connectivity index (χ0) is 17.9. The van der Waals surface area contributed by atoms with Crippen molar-refractivity contribution in [2.75, 3.05) is 5.32 Å². The predicted molar refractivity (Wildman–Crippen MR) is 88.2 cm³/mol. The Kier molecular flexibility index (Phi) is 4.85. The van der Waals surface area contributed by atoms with Gasteiger partial charge in [-0.1, -0.05) is 29.8 Å². The second-order valence-corrected chi connectivity index (χ2v) is 5.59. The fraction of sp³-hybridized carbons (Fsp3) is 0.118. The molecule has 3 aromatic rings. The summed E-state index contributed by atoms with van der Waals surface area (Å²) in [6.45, 7) is 0. The third-order valence-corrected chi connectivity index (χ3v) is 3.62. The van der Waals surface area contributed by atoms with E-state index in [1.807, 2.05) is 0 Å². The van der Waals surface area contributed by atoms with E-state index in [0.29, 0.717) is 10.7 Å². The van der Waals surface area contributed by atoms with Gasteiger partial charge in [0.25, 0.3) is 0 Å². The zero-order valence-electron chi connectivity index (χ0n) is 12.7. The van der Waals surface area contributed by atoms with Gasteiger partial charge in [0, 0.05) is 17.4 Å². The minimum Gasteiger partial charge on any atom is -0.342 e. The van der Waals surface area contributed by atoms with Crippen molar-refractivity contribution in [1.82, 2.24) is 15.0 Å². The monoisotopic (exact) mass is 364 g/mol. The highest BCUT2D eigenvalue weighted by Gasteiger charge is 2.33. The summed E-state index contributed by atoms with van der Waals surface area (Å²) in [5.74, 6) is -0.148. The Labute approximate surface area is 146 Å². The molecular formula is C17H12ClF3N4. The number of halogens is 4. The molecule has 0 aliphatic heterocycles. The number of benzene rings is 1. The third-order valence-electron chi connectivity index (χ3n) is 3.38. The lowest BCUT2D eigenvalue weighted by Crippen LogP contribution is -2.17. The van der Waals surface area contributed by atoms with Gasteiger partial charge in [-0.2, -0.15) is 13.2 Å². The van der Waals surface area contributed by atoms with Crippen LogP contribution < -0.4 is 5.32 Å². The molecule has 0 radical (unpaired) electrons. The Morgan fingerprint density at radius 2 is 1.80 bits per heavy atom. The van der Waals surface area contributed by atoms with Crippen LogP contribution in [0.2, 0.25) is 5.02 Å². The van der Waals surface area contributed by atoms with Gasteiger partial charge in [-0.05, 0) is 35.9 Å². The van der Waals surface area contributed by atoms with Crippen molar-refractivity contribution in [3.05, 3.63) is 82.9 Å². The molecule has 128 valence electrons. The minimum atomic E-state index is -4.55. The number of nitrogens with zero attached hydrogens (tertiary/aromatic N) is 3. The topological polar surface area (TPSA) is 50.7 Å². The Bertz CT molecular complexity index is 856. The van der Waals surface area contributed by atoms with Crippen LogP contribution in [0.5, 0.6) is 0 Å². The summed E-state index contributed by atoms with van der Waals surface area (Å²) in [6, 6.07) is 12.5. The second-order valence-electron chi connectivity index (χ2n) is 5.15. The fourth-order valence-corrected chi connectivity index (χ4v) is 2.47. The van der Waals surface area contributed by atoms with Crippen LogP contribution >= 0.6 is 11.6 Å². The van der Waals surface area contributed by atoms with Crippen LogP contribution in [0, 0.1) is 0 Å². The molecule has 1 aromatic carbocycles. The summed E-state index contributed by atoms with van der Waals surface area (Å²) in [6.07, 6.45) is -1.89. The van der Waals surface area contributed by atoms with Crippen LogP contribution in [0.4, 0.5) is 19.1 Å². The van der Waals surface area contributed by atoms with Crippen LogP contribution in [0.1, 0.15) is 23.0 Å². The molecule has 1 unspecified atom stereocenters. The van der Waals surface area contributed by atoms with Gasteiger partial charge >= 0.3 is 6.18 Å². The molecule has 0 bridgehead atoms. The van der Waals surface area contributed by atoms with Crippen LogP contribution in [0.15, 0.2) is 60.9 Å². The van der Waals surface area contributed by atoms with Crippen molar-refractivity contribution < 1.29 is 13.2 Å². The lowest BCUT2D eigenvalue weighted by molar-refractivity contribution is -0.141. The molecule has 8 heteroatoms. The molecule has 0 amide bonds. The minimum absolute atomic E-state index is 0.148. The van der Waals surface area contributed by atoms with E-state index in [1.165, 1.54) is 0 Å². The van der Waals surface area contributed by atoms with Gasteiger partial charge in [0.05, 0.1) is 11.7 Å². The Morgan fingerprint density at radius 1 is 0.960 bits per heavy atom. The fourth-order valence-electron chi connectivity index (χ4n) is 2.28. The van der Waals surface area contributed by atoms with E-state index in [9.17, 15) is 13.2 Å². The molecule has 0 spiro atoms. The maximum absolute atomic E-state index is 12.9. The maximum Gasteiger partial charge on any atom is 0.433 e. The van der Waals surface area contributed by atoms with E-state index < -0.39 is 17.9 Å². The number of hydrogen-bond acceptors (Lipinski definition) is 4. The van der Waals surface area contributed by atoms with Crippen LogP contribution in [-0.4, -0.2) is 15.0 Å². The molecule has 4 nitrogen and oxygen atoms in total. The van der Waals surface area contributed by atoms with E-state index in [1.54, 1.807) is 48.7 Å². The number of nitrogens with one attached hydrogen (secondary N) is 1. The molecule has 0 aliphatic carbocycles. The zero-order valence-corrected chi connectivity index (χ0v) is 13.5. The lowest BCUT2D eigenvalue weighted by atomic mass is 10.0. The quantitative estimate of drug-likeness (QED) is 0.726. The number of hydrogen-bond donors (Lipinski definition) is 1. The van der Waals surface area contributed by atoms with E-state index in [-0.39, 0.29) is 5.95 Å². The summed E-state index contributed by atoms with van der Waals surface area (Å²) in [5, 5.41) is 3.41. The van der Waals surface area contributed by atoms with Gasteiger partial charge in [0.1, 0.15) is 5.69 Å². The van der Waals surface area contributed by atoms with Crippen molar-refractivity contribution >= 4 is 17.5 Å². The number of pyridine rings is 1. The average molecular weight is 365 g/mol. The van der Waals surface area contributed by atoms with Crippen molar-refractivity contribution in [3.63, 3.8) is 0 Å². The first-order chi connectivity index (χ1) is 11.9. The largest absolute Gasteiger partial charge is 0.433 e. The number of anilines is 1. The summed E-state index contributed by atoms with van der Waals surface area (Å²) in [5.41, 5.74) is 0.314. The van der Waals surface area contributed by atoms with Crippen molar-refractivity contribution in [3.8, 4) is 0 Å². The van der Waals surface area contributed by atoms with Gasteiger partial charge in [0.15, 0.2) is 0 Å². The van der Waals surface area contributed by atoms with Gasteiger partial charge in [-0.15, -0.1) is 0 Å². The molecular weight excluding hydrogens is 353 g/mol. The van der Waals surface area contributed by atoms with E-state index in [4.69, 9.17) is 11.6 Å². The van der Waals surface area contributed by atoms with Gasteiger partial charge in [-0.25, -0.2) is 9.97 Å². The smallest absolute Gasteiger partial charge is 0.342 e. The third kappa shape index (κ3) is 4.24. The maximum atomic E-state index is 12.9. The molecule has 1 N–H and O–H groups in total. The second kappa shape index (κ2) is 7.06.